The number of hydrogen-bond acceptors (Lipinski definition) is 2. The van der Waals surface area contributed by atoms with Crippen LogP contribution in [0.2, 0.25) is 0 Å². The molecule has 2 rings (SSSR count). The van der Waals surface area contributed by atoms with Crippen LogP contribution in [0.5, 0.6) is 0 Å². The average Bonchev–Trinajstić information content (AvgIpc) is 2.97. The van der Waals surface area contributed by atoms with Crippen molar-refractivity contribution in [1.82, 2.24) is 4.90 Å². The van der Waals surface area contributed by atoms with Crippen LogP contribution in [-0.4, -0.2) is 18.5 Å². The number of nitrogens with zero attached hydrogens (tertiary/aromatic N) is 1. The number of nitrogens with two attached hydrogens (primary N) is 1. The molecule has 1 saturated carbocycles. The van der Waals surface area contributed by atoms with Crippen molar-refractivity contribution < 1.29 is 4.39 Å². The molecular weight excluding hydrogens is 215 g/mol. The minimum Gasteiger partial charge on any atom is -0.326 e. The Hall–Kier alpha value is -0.930. The molecular formula is C14H21FN2. The van der Waals surface area contributed by atoms with Gasteiger partial charge >= 0.3 is 0 Å². The second kappa shape index (κ2) is 5.15. The third-order valence-corrected chi connectivity index (χ3v) is 3.62. The molecule has 2 unspecified atom stereocenters. The van der Waals surface area contributed by atoms with Crippen LogP contribution in [0.1, 0.15) is 24.5 Å². The molecule has 1 aromatic rings. The summed E-state index contributed by atoms with van der Waals surface area (Å²) in [7, 11) is 2.06. The summed E-state index contributed by atoms with van der Waals surface area (Å²) in [6.07, 6.45) is 1.32. The zero-order valence-electron chi connectivity index (χ0n) is 10.6. The normalized spacial score (nSPS) is 23.1. The van der Waals surface area contributed by atoms with Gasteiger partial charge in [-0.1, -0.05) is 19.1 Å². The molecule has 2 nitrogen and oxygen atoms in total. The van der Waals surface area contributed by atoms with Gasteiger partial charge in [-0.05, 0) is 36.9 Å². The lowest BCUT2D eigenvalue weighted by Gasteiger charge is -2.17. The standard InChI is InChI=1S/C14H21FN2/c1-10-5-13(10)9-17(2)8-12-4-3-11(7-16)6-14(12)15/h3-4,6,10,13H,5,7-9,16H2,1-2H3. The zero-order valence-corrected chi connectivity index (χ0v) is 10.6. The summed E-state index contributed by atoms with van der Waals surface area (Å²) in [5.41, 5.74) is 7.10. The topological polar surface area (TPSA) is 29.3 Å². The predicted octanol–water partition coefficient (Wildman–Crippen LogP) is 2.37. The second-order valence-corrected chi connectivity index (χ2v) is 5.30. The number of halogens is 1. The molecule has 1 aromatic carbocycles. The molecule has 2 N–H and O–H groups in total. The van der Waals surface area contributed by atoms with Crippen LogP contribution in [0.25, 0.3) is 0 Å². The van der Waals surface area contributed by atoms with E-state index in [0.29, 0.717) is 13.1 Å². The fraction of sp³-hybridized carbons (Fsp3) is 0.571. The average molecular weight is 236 g/mol. The Kier molecular flexibility index (Phi) is 3.79. The summed E-state index contributed by atoms with van der Waals surface area (Å²) >= 11 is 0. The first kappa shape index (κ1) is 12.5. The lowest BCUT2D eigenvalue weighted by Crippen LogP contribution is -2.21. The van der Waals surface area contributed by atoms with E-state index in [1.165, 1.54) is 6.42 Å². The number of rotatable bonds is 5. The van der Waals surface area contributed by atoms with Gasteiger partial charge in [0.2, 0.25) is 0 Å². The lowest BCUT2D eigenvalue weighted by atomic mass is 10.1. The molecule has 0 bridgehead atoms. The van der Waals surface area contributed by atoms with E-state index < -0.39 is 0 Å². The van der Waals surface area contributed by atoms with Gasteiger partial charge < -0.3 is 10.6 Å². The molecule has 2 atom stereocenters. The van der Waals surface area contributed by atoms with Crippen LogP contribution >= 0.6 is 0 Å². The summed E-state index contributed by atoms with van der Waals surface area (Å²) in [5, 5.41) is 0. The molecule has 0 aromatic heterocycles. The highest BCUT2D eigenvalue weighted by molar-refractivity contribution is 5.24. The van der Waals surface area contributed by atoms with E-state index in [1.807, 2.05) is 12.1 Å². The minimum absolute atomic E-state index is 0.136. The molecule has 1 fully saturated rings. The molecule has 3 heteroatoms. The maximum atomic E-state index is 13.7. The summed E-state index contributed by atoms with van der Waals surface area (Å²) in [6, 6.07) is 5.30. The molecule has 0 spiro atoms. The second-order valence-electron chi connectivity index (χ2n) is 5.30. The van der Waals surface area contributed by atoms with Crippen molar-refractivity contribution >= 4 is 0 Å². The molecule has 0 heterocycles. The smallest absolute Gasteiger partial charge is 0.128 e. The summed E-state index contributed by atoms with van der Waals surface area (Å²) in [4.78, 5) is 2.20. The Bertz CT molecular complexity index is 392. The predicted molar refractivity (Wildman–Crippen MR) is 67.9 cm³/mol. The van der Waals surface area contributed by atoms with E-state index in [9.17, 15) is 4.39 Å². The molecule has 0 saturated heterocycles. The quantitative estimate of drug-likeness (QED) is 0.850. The Labute approximate surface area is 103 Å². The van der Waals surface area contributed by atoms with Crippen molar-refractivity contribution in [1.29, 1.82) is 0 Å². The maximum absolute atomic E-state index is 13.7. The van der Waals surface area contributed by atoms with E-state index in [1.54, 1.807) is 6.07 Å². The van der Waals surface area contributed by atoms with Crippen molar-refractivity contribution in [2.75, 3.05) is 13.6 Å². The van der Waals surface area contributed by atoms with Crippen LogP contribution < -0.4 is 5.73 Å². The van der Waals surface area contributed by atoms with Gasteiger partial charge in [-0.15, -0.1) is 0 Å². The van der Waals surface area contributed by atoms with Crippen LogP contribution in [0.4, 0.5) is 4.39 Å². The van der Waals surface area contributed by atoms with Crippen molar-refractivity contribution in [3.8, 4) is 0 Å². The minimum atomic E-state index is -0.136. The molecule has 0 amide bonds. The zero-order chi connectivity index (χ0) is 12.4. The van der Waals surface area contributed by atoms with Gasteiger partial charge in [-0.3, -0.25) is 0 Å². The van der Waals surface area contributed by atoms with Gasteiger partial charge in [-0.2, -0.15) is 0 Å². The van der Waals surface area contributed by atoms with E-state index in [2.05, 4.69) is 18.9 Å². The van der Waals surface area contributed by atoms with Crippen molar-refractivity contribution in [3.63, 3.8) is 0 Å². The molecule has 1 aliphatic rings. The van der Waals surface area contributed by atoms with Crippen molar-refractivity contribution in [3.05, 3.63) is 35.1 Å². The first-order valence-electron chi connectivity index (χ1n) is 6.26. The fourth-order valence-electron chi connectivity index (χ4n) is 2.26. The molecule has 17 heavy (non-hydrogen) atoms. The fourth-order valence-corrected chi connectivity index (χ4v) is 2.26. The highest BCUT2D eigenvalue weighted by atomic mass is 19.1. The summed E-state index contributed by atoms with van der Waals surface area (Å²) < 4.78 is 13.7. The highest BCUT2D eigenvalue weighted by Gasteiger charge is 2.33. The van der Waals surface area contributed by atoms with Gasteiger partial charge in [0, 0.05) is 25.2 Å². The first-order chi connectivity index (χ1) is 8.10. The van der Waals surface area contributed by atoms with E-state index in [4.69, 9.17) is 5.73 Å². The van der Waals surface area contributed by atoms with E-state index in [-0.39, 0.29) is 5.82 Å². The van der Waals surface area contributed by atoms with Gasteiger partial charge in [0.15, 0.2) is 0 Å². The molecule has 94 valence electrons. The Morgan fingerprint density at radius 1 is 1.47 bits per heavy atom. The maximum Gasteiger partial charge on any atom is 0.128 e. The Morgan fingerprint density at radius 3 is 2.71 bits per heavy atom. The van der Waals surface area contributed by atoms with E-state index >= 15 is 0 Å². The molecule has 0 radical (unpaired) electrons. The lowest BCUT2D eigenvalue weighted by molar-refractivity contribution is 0.303. The van der Waals surface area contributed by atoms with Crippen molar-refractivity contribution in [2.45, 2.75) is 26.4 Å². The van der Waals surface area contributed by atoms with E-state index in [0.717, 1.165) is 29.5 Å². The summed E-state index contributed by atoms with van der Waals surface area (Å²) in [5.74, 6) is 1.52. The molecule has 0 aliphatic heterocycles. The van der Waals surface area contributed by atoms with Crippen LogP contribution in [-0.2, 0) is 13.1 Å². The van der Waals surface area contributed by atoms with Crippen molar-refractivity contribution in [2.24, 2.45) is 17.6 Å². The van der Waals surface area contributed by atoms with Gasteiger partial charge in [0.05, 0.1) is 0 Å². The number of hydrogen-bond donors (Lipinski definition) is 1. The highest BCUT2D eigenvalue weighted by Crippen LogP contribution is 2.38. The Balaban J connectivity index is 1.93. The SMILES string of the molecule is CC1CC1CN(C)Cc1ccc(CN)cc1F. The number of benzene rings is 1. The van der Waals surface area contributed by atoms with Gasteiger partial charge in [0.25, 0.3) is 0 Å². The Morgan fingerprint density at radius 2 is 2.18 bits per heavy atom. The van der Waals surface area contributed by atoms with Gasteiger partial charge in [-0.25, -0.2) is 4.39 Å². The third-order valence-electron chi connectivity index (χ3n) is 3.62. The first-order valence-corrected chi connectivity index (χ1v) is 6.26. The third kappa shape index (κ3) is 3.27. The monoisotopic (exact) mass is 236 g/mol. The largest absolute Gasteiger partial charge is 0.326 e. The summed E-state index contributed by atoms with van der Waals surface area (Å²) in [6.45, 7) is 4.42. The van der Waals surface area contributed by atoms with Crippen LogP contribution in [0, 0.1) is 17.7 Å². The van der Waals surface area contributed by atoms with Crippen LogP contribution in [0.15, 0.2) is 18.2 Å². The van der Waals surface area contributed by atoms with Gasteiger partial charge in [0.1, 0.15) is 5.82 Å². The molecule has 1 aliphatic carbocycles. The van der Waals surface area contributed by atoms with Crippen LogP contribution in [0.3, 0.4) is 0 Å².